The Hall–Kier alpha value is -3.76. The Bertz CT molecular complexity index is 1460. The van der Waals surface area contributed by atoms with Gasteiger partial charge in [0.25, 0.3) is 0 Å². The van der Waals surface area contributed by atoms with Gasteiger partial charge in [0.1, 0.15) is 6.10 Å². The van der Waals surface area contributed by atoms with Crippen molar-refractivity contribution in [1.82, 2.24) is 9.88 Å². The van der Waals surface area contributed by atoms with Crippen LogP contribution in [0.25, 0.3) is 0 Å². The number of hydrogen-bond donors (Lipinski definition) is 0. The lowest BCUT2D eigenvalue weighted by atomic mass is 9.94. The highest BCUT2D eigenvalue weighted by Gasteiger charge is 2.40. The highest BCUT2D eigenvalue weighted by molar-refractivity contribution is 5.47. The van der Waals surface area contributed by atoms with E-state index in [4.69, 9.17) is 14.2 Å². The van der Waals surface area contributed by atoms with Gasteiger partial charge in [0.05, 0.1) is 49.5 Å². The Morgan fingerprint density at radius 3 is 1.74 bits per heavy atom. The van der Waals surface area contributed by atoms with E-state index in [0.29, 0.717) is 51.7 Å². The minimum Gasteiger partial charge on any atom is -0.370 e. The van der Waals surface area contributed by atoms with Crippen LogP contribution in [-0.2, 0) is 40.2 Å². The summed E-state index contributed by atoms with van der Waals surface area (Å²) < 4.78 is 60.2. The second-order valence-corrected chi connectivity index (χ2v) is 12.5. The number of aromatic nitrogens is 1. The van der Waals surface area contributed by atoms with Crippen molar-refractivity contribution in [3.05, 3.63) is 132 Å². The van der Waals surface area contributed by atoms with Gasteiger partial charge < -0.3 is 19.1 Å². The van der Waals surface area contributed by atoms with Crippen molar-refractivity contribution >= 4 is 5.69 Å². The standard InChI is InChI=1S/C38H42F3N3O3/c39-38(40,41)33-19-34(21-42-20-33)44-18-10-17-32(23-44)22-43-24-35(45-26-29-11-4-1-5-12-29)37(47-28-31-15-8-3-9-16-31)36(25-43)46-27-30-13-6-2-7-14-30/h1-9,11-16,19-21,32,35-37H,10,17-18,22-28H2/t32-,35-,36-/m1/s1. The number of piperidine rings is 2. The maximum absolute atomic E-state index is 13.4. The Labute approximate surface area is 275 Å². The van der Waals surface area contributed by atoms with Gasteiger partial charge in [-0.25, -0.2) is 0 Å². The van der Waals surface area contributed by atoms with Crippen molar-refractivity contribution in [1.29, 1.82) is 0 Å². The second-order valence-electron chi connectivity index (χ2n) is 12.5. The molecule has 0 radical (unpaired) electrons. The van der Waals surface area contributed by atoms with Crippen LogP contribution in [0.2, 0.25) is 0 Å². The summed E-state index contributed by atoms with van der Waals surface area (Å²) in [6, 6.07) is 31.6. The van der Waals surface area contributed by atoms with Crippen molar-refractivity contribution in [2.45, 2.75) is 57.2 Å². The largest absolute Gasteiger partial charge is 0.417 e. The fraction of sp³-hybridized carbons (Fsp3) is 0.395. The number of alkyl halides is 3. The van der Waals surface area contributed by atoms with E-state index in [-0.39, 0.29) is 24.2 Å². The van der Waals surface area contributed by atoms with Crippen LogP contribution in [0.4, 0.5) is 18.9 Å². The van der Waals surface area contributed by atoms with Gasteiger partial charge in [-0.3, -0.25) is 9.88 Å². The topological polar surface area (TPSA) is 47.1 Å². The maximum Gasteiger partial charge on any atom is 0.417 e. The highest BCUT2D eigenvalue weighted by Crippen LogP contribution is 2.33. The minimum absolute atomic E-state index is 0.249. The first-order valence-corrected chi connectivity index (χ1v) is 16.4. The first-order chi connectivity index (χ1) is 22.9. The number of rotatable bonds is 12. The van der Waals surface area contributed by atoms with E-state index in [1.54, 1.807) is 0 Å². The third-order valence-electron chi connectivity index (χ3n) is 8.96. The number of pyridine rings is 1. The Morgan fingerprint density at radius 2 is 1.21 bits per heavy atom. The molecule has 0 unspecified atom stereocenters. The number of likely N-dealkylation sites (tertiary alicyclic amines) is 1. The molecule has 0 spiro atoms. The lowest BCUT2D eigenvalue weighted by molar-refractivity contribution is -0.185. The zero-order valence-corrected chi connectivity index (χ0v) is 26.5. The summed E-state index contributed by atoms with van der Waals surface area (Å²) in [5.74, 6) is 0.268. The SMILES string of the molecule is FC(F)(F)c1cncc(N2CCC[C@H](CN3C[C@@H](OCc4ccccc4)C(OCc4ccccc4)[C@H](OCc4ccccc4)C3)C2)c1. The minimum atomic E-state index is -4.42. The van der Waals surface area contributed by atoms with Crippen LogP contribution in [0.5, 0.6) is 0 Å². The van der Waals surface area contributed by atoms with Crippen molar-refractivity contribution in [2.24, 2.45) is 5.92 Å². The van der Waals surface area contributed by atoms with E-state index in [2.05, 4.69) is 46.3 Å². The molecule has 2 aliphatic heterocycles. The van der Waals surface area contributed by atoms with Crippen LogP contribution in [0.1, 0.15) is 35.1 Å². The van der Waals surface area contributed by atoms with Gasteiger partial charge in [0, 0.05) is 38.9 Å². The normalized spacial score (nSPS) is 21.2. The summed E-state index contributed by atoms with van der Waals surface area (Å²) in [6.45, 7) is 4.85. The third kappa shape index (κ3) is 9.41. The van der Waals surface area contributed by atoms with E-state index in [1.807, 2.05) is 59.5 Å². The summed E-state index contributed by atoms with van der Waals surface area (Å²) >= 11 is 0. The molecule has 3 heterocycles. The highest BCUT2D eigenvalue weighted by atomic mass is 19.4. The first-order valence-electron chi connectivity index (χ1n) is 16.4. The number of nitrogens with zero attached hydrogens (tertiary/aromatic N) is 3. The van der Waals surface area contributed by atoms with Crippen LogP contribution in [0.15, 0.2) is 109 Å². The Balaban J connectivity index is 1.19. The fourth-order valence-electron chi connectivity index (χ4n) is 6.58. The number of benzene rings is 3. The van der Waals surface area contributed by atoms with E-state index in [0.717, 1.165) is 42.3 Å². The zero-order chi connectivity index (χ0) is 32.5. The van der Waals surface area contributed by atoms with Gasteiger partial charge >= 0.3 is 6.18 Å². The van der Waals surface area contributed by atoms with Crippen LogP contribution in [0.3, 0.4) is 0 Å². The molecule has 6 nitrogen and oxygen atoms in total. The quantitative estimate of drug-likeness (QED) is 0.160. The van der Waals surface area contributed by atoms with Gasteiger partial charge in [-0.15, -0.1) is 0 Å². The molecule has 9 heteroatoms. The predicted octanol–water partition coefficient (Wildman–Crippen LogP) is 7.39. The first kappa shape index (κ1) is 33.2. The molecule has 3 aromatic carbocycles. The van der Waals surface area contributed by atoms with Gasteiger partial charge in [0.15, 0.2) is 0 Å². The molecule has 0 N–H and O–H groups in total. The van der Waals surface area contributed by atoms with Crippen LogP contribution < -0.4 is 4.90 Å². The number of anilines is 1. The molecule has 2 fully saturated rings. The summed E-state index contributed by atoms with van der Waals surface area (Å²) in [5.41, 5.74) is 3.07. The third-order valence-corrected chi connectivity index (χ3v) is 8.96. The molecule has 4 aromatic rings. The average Bonchev–Trinajstić information content (AvgIpc) is 3.10. The fourth-order valence-corrected chi connectivity index (χ4v) is 6.58. The Morgan fingerprint density at radius 1 is 0.681 bits per heavy atom. The van der Waals surface area contributed by atoms with Gasteiger partial charge in [-0.2, -0.15) is 13.2 Å². The van der Waals surface area contributed by atoms with E-state index < -0.39 is 11.7 Å². The molecular formula is C38H42F3N3O3. The molecule has 248 valence electrons. The number of ether oxygens (including phenoxy) is 3. The molecular weight excluding hydrogens is 603 g/mol. The molecule has 0 aliphatic carbocycles. The van der Waals surface area contributed by atoms with E-state index in [9.17, 15) is 13.2 Å². The lowest BCUT2D eigenvalue weighted by Crippen LogP contribution is -2.59. The maximum atomic E-state index is 13.4. The van der Waals surface area contributed by atoms with Crippen molar-refractivity contribution in [2.75, 3.05) is 37.6 Å². The molecule has 2 saturated heterocycles. The van der Waals surface area contributed by atoms with Gasteiger partial charge in [0.2, 0.25) is 0 Å². The number of halogens is 3. The van der Waals surface area contributed by atoms with Crippen molar-refractivity contribution in [3.8, 4) is 0 Å². The van der Waals surface area contributed by atoms with Gasteiger partial charge in [-0.1, -0.05) is 91.0 Å². The lowest BCUT2D eigenvalue weighted by Gasteiger charge is -2.45. The molecule has 2 aliphatic rings. The molecule has 47 heavy (non-hydrogen) atoms. The van der Waals surface area contributed by atoms with E-state index >= 15 is 0 Å². The summed E-state index contributed by atoms with van der Waals surface area (Å²) in [6.07, 6.45) is -0.889. The smallest absolute Gasteiger partial charge is 0.370 e. The zero-order valence-electron chi connectivity index (χ0n) is 26.5. The summed E-state index contributed by atoms with van der Waals surface area (Å²) in [5, 5.41) is 0. The summed E-state index contributed by atoms with van der Waals surface area (Å²) in [4.78, 5) is 8.34. The monoisotopic (exact) mass is 645 g/mol. The molecule has 0 bridgehead atoms. The number of hydrogen-bond acceptors (Lipinski definition) is 6. The van der Waals surface area contributed by atoms with Crippen molar-refractivity contribution in [3.63, 3.8) is 0 Å². The molecule has 3 atom stereocenters. The van der Waals surface area contributed by atoms with Crippen molar-refractivity contribution < 1.29 is 27.4 Å². The van der Waals surface area contributed by atoms with Crippen LogP contribution in [-0.4, -0.2) is 60.9 Å². The molecule has 6 rings (SSSR count). The Kier molecular flexibility index (Phi) is 11.2. The molecule has 1 aromatic heterocycles. The van der Waals surface area contributed by atoms with Crippen LogP contribution >= 0.6 is 0 Å². The average molecular weight is 646 g/mol. The molecule has 0 saturated carbocycles. The summed E-state index contributed by atoms with van der Waals surface area (Å²) in [7, 11) is 0. The van der Waals surface area contributed by atoms with E-state index in [1.165, 1.54) is 12.3 Å². The van der Waals surface area contributed by atoms with Crippen LogP contribution in [0, 0.1) is 5.92 Å². The molecule has 0 amide bonds. The van der Waals surface area contributed by atoms with Gasteiger partial charge in [-0.05, 0) is 41.5 Å². The second kappa shape index (κ2) is 15.9. The predicted molar refractivity (Wildman–Crippen MR) is 176 cm³/mol.